The predicted octanol–water partition coefficient (Wildman–Crippen LogP) is 0.256. The molecular formula is C13H24N2O3. The van der Waals surface area contributed by atoms with Crippen molar-refractivity contribution in [1.29, 1.82) is 0 Å². The molecule has 0 bridgehead atoms. The zero-order chi connectivity index (χ0) is 13.2. The zero-order valence-corrected chi connectivity index (χ0v) is 11.1. The number of aliphatic hydroxyl groups is 1. The first kappa shape index (κ1) is 13.8. The minimum atomic E-state index is -0.298. The third-order valence-electron chi connectivity index (χ3n) is 3.99. The standard InChI is InChI=1S/C13H24N2O3/c1-10-7-15(8-11(9-16)18-10)12(17)6-13(14)4-2-3-5-13/h10-11,16H,2-9,14H2,1H3. The van der Waals surface area contributed by atoms with Gasteiger partial charge in [0, 0.05) is 25.0 Å². The number of hydrogen-bond acceptors (Lipinski definition) is 4. The van der Waals surface area contributed by atoms with Crippen LogP contribution >= 0.6 is 0 Å². The molecule has 5 nitrogen and oxygen atoms in total. The lowest BCUT2D eigenvalue weighted by molar-refractivity contribution is -0.148. The summed E-state index contributed by atoms with van der Waals surface area (Å²) < 4.78 is 5.54. The summed E-state index contributed by atoms with van der Waals surface area (Å²) >= 11 is 0. The van der Waals surface area contributed by atoms with Crippen molar-refractivity contribution in [2.75, 3.05) is 19.7 Å². The minimum absolute atomic E-state index is 0.0165. The van der Waals surface area contributed by atoms with Crippen LogP contribution in [0.5, 0.6) is 0 Å². The van der Waals surface area contributed by atoms with Crippen LogP contribution < -0.4 is 5.73 Å². The van der Waals surface area contributed by atoms with E-state index >= 15 is 0 Å². The van der Waals surface area contributed by atoms with Crippen molar-refractivity contribution in [3.8, 4) is 0 Å². The number of morpholine rings is 1. The van der Waals surface area contributed by atoms with Crippen LogP contribution in [0.1, 0.15) is 39.0 Å². The van der Waals surface area contributed by atoms with Crippen molar-refractivity contribution in [1.82, 2.24) is 4.90 Å². The highest BCUT2D eigenvalue weighted by Crippen LogP contribution is 2.30. The van der Waals surface area contributed by atoms with Crippen LogP contribution in [-0.4, -0.2) is 53.4 Å². The molecule has 1 amide bonds. The quantitative estimate of drug-likeness (QED) is 0.759. The fraction of sp³-hybridized carbons (Fsp3) is 0.923. The van der Waals surface area contributed by atoms with Crippen molar-refractivity contribution in [3.05, 3.63) is 0 Å². The topological polar surface area (TPSA) is 75.8 Å². The highest BCUT2D eigenvalue weighted by Gasteiger charge is 2.35. The van der Waals surface area contributed by atoms with Gasteiger partial charge in [0.1, 0.15) is 0 Å². The van der Waals surface area contributed by atoms with Gasteiger partial charge in [-0.1, -0.05) is 12.8 Å². The summed E-state index contributed by atoms with van der Waals surface area (Å²) in [6.45, 7) is 2.97. The Bertz CT molecular complexity index is 303. The molecule has 1 aliphatic heterocycles. The molecule has 0 radical (unpaired) electrons. The van der Waals surface area contributed by atoms with E-state index < -0.39 is 0 Å². The molecule has 0 spiro atoms. The van der Waals surface area contributed by atoms with E-state index in [0.29, 0.717) is 19.5 Å². The van der Waals surface area contributed by atoms with Crippen molar-refractivity contribution in [2.45, 2.75) is 56.8 Å². The Morgan fingerprint density at radius 3 is 2.72 bits per heavy atom. The maximum Gasteiger partial charge on any atom is 0.224 e. The van der Waals surface area contributed by atoms with Crippen molar-refractivity contribution >= 4 is 5.91 Å². The number of hydrogen-bond donors (Lipinski definition) is 2. The predicted molar refractivity (Wildman–Crippen MR) is 68.0 cm³/mol. The molecule has 2 aliphatic rings. The highest BCUT2D eigenvalue weighted by atomic mass is 16.5. The van der Waals surface area contributed by atoms with Crippen molar-refractivity contribution < 1.29 is 14.6 Å². The van der Waals surface area contributed by atoms with Crippen LogP contribution in [0.25, 0.3) is 0 Å². The van der Waals surface area contributed by atoms with E-state index in [1.165, 1.54) is 0 Å². The Kier molecular flexibility index (Phi) is 4.25. The molecule has 1 saturated carbocycles. The summed E-state index contributed by atoms with van der Waals surface area (Å²) in [5, 5.41) is 9.16. The lowest BCUT2D eigenvalue weighted by Crippen LogP contribution is -2.52. The molecule has 2 atom stereocenters. The normalized spacial score (nSPS) is 31.6. The fourth-order valence-electron chi connectivity index (χ4n) is 3.02. The molecule has 2 unspecified atom stereocenters. The smallest absolute Gasteiger partial charge is 0.224 e. The van der Waals surface area contributed by atoms with E-state index in [4.69, 9.17) is 15.6 Å². The first-order valence-electron chi connectivity index (χ1n) is 6.85. The fourth-order valence-corrected chi connectivity index (χ4v) is 3.02. The second kappa shape index (κ2) is 5.55. The number of nitrogens with two attached hydrogens (primary N) is 1. The summed E-state index contributed by atoms with van der Waals surface area (Å²) in [4.78, 5) is 14.1. The van der Waals surface area contributed by atoms with Crippen LogP contribution in [0.2, 0.25) is 0 Å². The molecule has 18 heavy (non-hydrogen) atoms. The molecular weight excluding hydrogens is 232 g/mol. The molecule has 2 rings (SSSR count). The number of nitrogens with zero attached hydrogens (tertiary/aromatic N) is 1. The Morgan fingerprint density at radius 2 is 2.11 bits per heavy atom. The molecule has 1 aliphatic carbocycles. The van der Waals surface area contributed by atoms with Crippen LogP contribution in [0.3, 0.4) is 0 Å². The molecule has 1 heterocycles. The SMILES string of the molecule is CC1CN(C(=O)CC2(N)CCCC2)CC(CO)O1. The zero-order valence-electron chi connectivity index (χ0n) is 11.1. The first-order valence-corrected chi connectivity index (χ1v) is 6.85. The first-order chi connectivity index (χ1) is 8.52. The Balaban J connectivity index is 1.91. The summed E-state index contributed by atoms with van der Waals surface area (Å²) in [6.07, 6.45) is 4.31. The highest BCUT2D eigenvalue weighted by molar-refractivity contribution is 5.77. The lowest BCUT2D eigenvalue weighted by atomic mass is 9.94. The molecule has 5 heteroatoms. The summed E-state index contributed by atoms with van der Waals surface area (Å²) in [6, 6.07) is 0. The largest absolute Gasteiger partial charge is 0.394 e. The lowest BCUT2D eigenvalue weighted by Gasteiger charge is -2.37. The van der Waals surface area contributed by atoms with Gasteiger partial charge in [-0.05, 0) is 19.8 Å². The number of amides is 1. The number of aliphatic hydroxyl groups excluding tert-OH is 1. The average molecular weight is 256 g/mol. The summed E-state index contributed by atoms with van der Waals surface area (Å²) in [7, 11) is 0. The maximum absolute atomic E-state index is 12.3. The van der Waals surface area contributed by atoms with Gasteiger partial charge in [0.05, 0.1) is 18.8 Å². The minimum Gasteiger partial charge on any atom is -0.394 e. The molecule has 1 saturated heterocycles. The van der Waals surface area contributed by atoms with Gasteiger partial charge in [0.25, 0.3) is 0 Å². The van der Waals surface area contributed by atoms with Gasteiger partial charge in [-0.25, -0.2) is 0 Å². The number of carbonyl (C=O) groups excluding carboxylic acids is 1. The van der Waals surface area contributed by atoms with Gasteiger partial charge in [0.15, 0.2) is 0 Å². The van der Waals surface area contributed by atoms with Crippen LogP contribution in [0.4, 0.5) is 0 Å². The average Bonchev–Trinajstić information content (AvgIpc) is 2.74. The van der Waals surface area contributed by atoms with Crippen LogP contribution in [0.15, 0.2) is 0 Å². The van der Waals surface area contributed by atoms with Gasteiger partial charge in [-0.2, -0.15) is 0 Å². The third-order valence-corrected chi connectivity index (χ3v) is 3.99. The number of rotatable bonds is 3. The van der Waals surface area contributed by atoms with E-state index in [0.717, 1.165) is 25.7 Å². The number of carbonyl (C=O) groups is 1. The van der Waals surface area contributed by atoms with Gasteiger partial charge in [0.2, 0.25) is 5.91 Å². The van der Waals surface area contributed by atoms with E-state index in [-0.39, 0.29) is 30.3 Å². The molecule has 0 aromatic heterocycles. The van der Waals surface area contributed by atoms with Crippen LogP contribution in [-0.2, 0) is 9.53 Å². The van der Waals surface area contributed by atoms with Crippen molar-refractivity contribution in [2.24, 2.45) is 5.73 Å². The Morgan fingerprint density at radius 1 is 1.44 bits per heavy atom. The summed E-state index contributed by atoms with van der Waals surface area (Å²) in [5.74, 6) is 0.105. The molecule has 0 aromatic rings. The summed E-state index contributed by atoms with van der Waals surface area (Å²) in [5.41, 5.74) is 5.94. The second-order valence-electron chi connectivity index (χ2n) is 5.80. The maximum atomic E-state index is 12.3. The van der Waals surface area contributed by atoms with Crippen molar-refractivity contribution in [3.63, 3.8) is 0 Å². The molecule has 104 valence electrons. The molecule has 0 aromatic carbocycles. The van der Waals surface area contributed by atoms with E-state index in [1.807, 2.05) is 6.92 Å². The van der Waals surface area contributed by atoms with Gasteiger partial charge in [-0.15, -0.1) is 0 Å². The molecule has 3 N–H and O–H groups in total. The van der Waals surface area contributed by atoms with E-state index in [9.17, 15) is 4.79 Å². The third kappa shape index (κ3) is 3.22. The van der Waals surface area contributed by atoms with E-state index in [2.05, 4.69) is 0 Å². The second-order valence-corrected chi connectivity index (χ2v) is 5.80. The Labute approximate surface area is 108 Å². The van der Waals surface area contributed by atoms with Gasteiger partial charge in [-0.3, -0.25) is 4.79 Å². The van der Waals surface area contributed by atoms with Gasteiger partial charge >= 0.3 is 0 Å². The van der Waals surface area contributed by atoms with Gasteiger partial charge < -0.3 is 20.5 Å². The monoisotopic (exact) mass is 256 g/mol. The number of ether oxygens (including phenoxy) is 1. The van der Waals surface area contributed by atoms with E-state index in [1.54, 1.807) is 4.90 Å². The Hall–Kier alpha value is -0.650. The molecule has 2 fully saturated rings. The van der Waals surface area contributed by atoms with Crippen LogP contribution in [0, 0.1) is 0 Å².